The Labute approximate surface area is 123 Å². The minimum Gasteiger partial charge on any atom is -0.364 e. The monoisotopic (exact) mass is 298 g/mol. The summed E-state index contributed by atoms with van der Waals surface area (Å²) in [7, 11) is 0. The Bertz CT molecular complexity index is 475. The summed E-state index contributed by atoms with van der Waals surface area (Å²) in [5.74, 6) is 1.75. The molecule has 1 saturated carbocycles. The minimum atomic E-state index is -0.549. The first-order chi connectivity index (χ1) is 9.58. The summed E-state index contributed by atoms with van der Waals surface area (Å²) >= 11 is 5.74. The molecule has 0 spiro atoms. The molecule has 0 bridgehead atoms. The molecule has 1 aliphatic rings. The predicted molar refractivity (Wildman–Crippen MR) is 77.9 cm³/mol. The van der Waals surface area contributed by atoms with Crippen molar-refractivity contribution in [1.29, 1.82) is 0 Å². The van der Waals surface area contributed by atoms with Crippen LogP contribution in [0.2, 0.25) is 5.15 Å². The topological polar surface area (TPSA) is 81.0 Å². The lowest BCUT2D eigenvalue weighted by Crippen LogP contribution is -2.16. The molecule has 1 heterocycles. The lowest BCUT2D eigenvalue weighted by atomic mass is 9.81. The molecule has 7 heteroatoms. The molecule has 0 aliphatic heterocycles. The molecule has 1 N–H and O–H groups in total. The molecule has 1 fully saturated rings. The van der Waals surface area contributed by atoms with Crippen LogP contribution in [0.3, 0.4) is 0 Å². The van der Waals surface area contributed by atoms with E-state index in [1.165, 1.54) is 32.0 Å². The van der Waals surface area contributed by atoms with Crippen molar-refractivity contribution in [2.45, 2.75) is 39.0 Å². The number of halogens is 1. The van der Waals surface area contributed by atoms with Gasteiger partial charge in [0.2, 0.25) is 11.0 Å². The molecule has 0 unspecified atom stereocenters. The van der Waals surface area contributed by atoms with Gasteiger partial charge in [-0.2, -0.15) is 0 Å². The van der Waals surface area contributed by atoms with Gasteiger partial charge in [-0.3, -0.25) is 10.1 Å². The van der Waals surface area contributed by atoms with Gasteiger partial charge in [-0.15, -0.1) is 0 Å². The quantitative estimate of drug-likeness (QED) is 0.509. The second-order valence-electron chi connectivity index (χ2n) is 5.46. The lowest BCUT2D eigenvalue weighted by Gasteiger charge is -2.26. The van der Waals surface area contributed by atoms with E-state index in [-0.39, 0.29) is 16.7 Å². The number of anilines is 1. The van der Waals surface area contributed by atoms with Crippen LogP contribution in [0.15, 0.2) is 6.33 Å². The summed E-state index contributed by atoms with van der Waals surface area (Å²) in [6.07, 6.45) is 7.30. The fourth-order valence-electron chi connectivity index (χ4n) is 2.66. The Morgan fingerprint density at radius 2 is 2.10 bits per heavy atom. The van der Waals surface area contributed by atoms with Crippen molar-refractivity contribution in [2.75, 3.05) is 11.9 Å². The Hall–Kier alpha value is -1.43. The molecule has 6 nitrogen and oxygen atoms in total. The molecular formula is C13H19ClN4O2. The van der Waals surface area contributed by atoms with E-state index in [9.17, 15) is 10.1 Å². The Morgan fingerprint density at radius 1 is 1.40 bits per heavy atom. The molecule has 110 valence electrons. The molecule has 2 rings (SSSR count). The highest BCUT2D eigenvalue weighted by Crippen LogP contribution is 2.31. The zero-order valence-corrected chi connectivity index (χ0v) is 12.3. The van der Waals surface area contributed by atoms with Gasteiger partial charge in [0, 0.05) is 6.54 Å². The van der Waals surface area contributed by atoms with Crippen molar-refractivity contribution in [2.24, 2.45) is 11.8 Å². The van der Waals surface area contributed by atoms with Crippen LogP contribution in [0.1, 0.15) is 39.0 Å². The van der Waals surface area contributed by atoms with E-state index in [1.54, 1.807) is 0 Å². The number of nitro groups is 1. The van der Waals surface area contributed by atoms with Crippen molar-refractivity contribution in [3.63, 3.8) is 0 Å². The van der Waals surface area contributed by atoms with Gasteiger partial charge in [-0.1, -0.05) is 44.2 Å². The standard InChI is InChI=1S/C13H19ClN4O2/c1-9-2-4-10(5-3-9)6-7-15-13-11(18(19)20)12(14)16-8-17-13/h8-10H,2-7H2,1H3,(H,15,16,17). The number of hydrogen-bond donors (Lipinski definition) is 1. The molecule has 0 amide bonds. The van der Waals surface area contributed by atoms with Crippen LogP contribution in [0.5, 0.6) is 0 Å². The van der Waals surface area contributed by atoms with Gasteiger partial charge in [0.05, 0.1) is 4.92 Å². The van der Waals surface area contributed by atoms with Gasteiger partial charge in [-0.25, -0.2) is 9.97 Å². The number of aromatic nitrogens is 2. The van der Waals surface area contributed by atoms with Gasteiger partial charge in [0.1, 0.15) is 6.33 Å². The zero-order chi connectivity index (χ0) is 14.5. The highest BCUT2D eigenvalue weighted by Gasteiger charge is 2.22. The third-order valence-electron chi connectivity index (χ3n) is 3.94. The highest BCUT2D eigenvalue weighted by molar-refractivity contribution is 6.31. The van der Waals surface area contributed by atoms with Crippen molar-refractivity contribution in [3.8, 4) is 0 Å². The first kappa shape index (κ1) is 15.0. The number of nitrogens with zero attached hydrogens (tertiary/aromatic N) is 3. The van der Waals surface area contributed by atoms with Crippen LogP contribution in [-0.2, 0) is 0 Å². The smallest absolute Gasteiger partial charge is 0.348 e. The van der Waals surface area contributed by atoms with Crippen molar-refractivity contribution < 1.29 is 4.92 Å². The van der Waals surface area contributed by atoms with Crippen molar-refractivity contribution >= 4 is 23.1 Å². The Morgan fingerprint density at radius 3 is 2.75 bits per heavy atom. The lowest BCUT2D eigenvalue weighted by molar-refractivity contribution is -0.384. The van der Waals surface area contributed by atoms with Gasteiger partial charge in [-0.05, 0) is 18.3 Å². The molecule has 0 aromatic carbocycles. The molecule has 0 saturated heterocycles. The molecule has 1 aromatic heterocycles. The SMILES string of the molecule is CC1CCC(CCNc2ncnc(Cl)c2[N+](=O)[O-])CC1. The van der Waals surface area contributed by atoms with Crippen LogP contribution >= 0.6 is 11.6 Å². The van der Waals surface area contributed by atoms with Crippen LogP contribution < -0.4 is 5.32 Å². The highest BCUT2D eigenvalue weighted by atomic mass is 35.5. The van der Waals surface area contributed by atoms with Gasteiger partial charge in [0.25, 0.3) is 0 Å². The van der Waals surface area contributed by atoms with Gasteiger partial charge in [0.15, 0.2) is 0 Å². The Balaban J connectivity index is 1.88. The predicted octanol–water partition coefficient (Wildman–Crippen LogP) is 3.67. The third-order valence-corrected chi connectivity index (χ3v) is 4.22. The minimum absolute atomic E-state index is 0.126. The molecule has 1 aliphatic carbocycles. The Kier molecular flexibility index (Phi) is 5.11. The molecule has 1 aromatic rings. The molecular weight excluding hydrogens is 280 g/mol. The van der Waals surface area contributed by atoms with Gasteiger partial charge >= 0.3 is 5.69 Å². The normalized spacial score (nSPS) is 22.5. The maximum absolute atomic E-state index is 10.9. The van der Waals surface area contributed by atoms with Crippen LogP contribution in [0, 0.1) is 22.0 Å². The maximum atomic E-state index is 10.9. The van der Waals surface area contributed by atoms with Crippen LogP contribution in [0.4, 0.5) is 11.5 Å². The van der Waals surface area contributed by atoms with Crippen molar-refractivity contribution in [3.05, 3.63) is 21.6 Å². The first-order valence-electron chi connectivity index (χ1n) is 6.96. The summed E-state index contributed by atoms with van der Waals surface area (Å²) < 4.78 is 0. The average Bonchev–Trinajstić information content (AvgIpc) is 2.40. The molecule has 0 radical (unpaired) electrons. The summed E-state index contributed by atoms with van der Waals surface area (Å²) in [6.45, 7) is 2.97. The van der Waals surface area contributed by atoms with E-state index in [0.29, 0.717) is 12.5 Å². The number of hydrogen-bond acceptors (Lipinski definition) is 5. The van der Waals surface area contributed by atoms with E-state index < -0.39 is 4.92 Å². The zero-order valence-electron chi connectivity index (χ0n) is 11.5. The second-order valence-corrected chi connectivity index (χ2v) is 5.82. The number of rotatable bonds is 5. The summed E-state index contributed by atoms with van der Waals surface area (Å²) in [5.41, 5.74) is -0.244. The first-order valence-corrected chi connectivity index (χ1v) is 7.34. The second kappa shape index (κ2) is 6.83. The molecule has 20 heavy (non-hydrogen) atoms. The number of nitrogens with one attached hydrogen (secondary N) is 1. The summed E-state index contributed by atoms with van der Waals surface area (Å²) in [6, 6.07) is 0. The van der Waals surface area contributed by atoms with E-state index in [1.807, 2.05) is 0 Å². The van der Waals surface area contributed by atoms with Crippen molar-refractivity contribution in [1.82, 2.24) is 9.97 Å². The van der Waals surface area contributed by atoms with Crippen LogP contribution in [0.25, 0.3) is 0 Å². The van der Waals surface area contributed by atoms with Crippen LogP contribution in [-0.4, -0.2) is 21.4 Å². The fraction of sp³-hybridized carbons (Fsp3) is 0.692. The largest absolute Gasteiger partial charge is 0.364 e. The van der Waals surface area contributed by atoms with E-state index in [0.717, 1.165) is 12.3 Å². The third kappa shape index (κ3) is 3.79. The van der Waals surface area contributed by atoms with Gasteiger partial charge < -0.3 is 5.32 Å². The summed E-state index contributed by atoms with van der Waals surface area (Å²) in [5, 5.41) is 13.8. The van der Waals surface area contributed by atoms with E-state index >= 15 is 0 Å². The van der Waals surface area contributed by atoms with E-state index in [4.69, 9.17) is 11.6 Å². The molecule has 0 atom stereocenters. The van der Waals surface area contributed by atoms with E-state index in [2.05, 4.69) is 22.2 Å². The maximum Gasteiger partial charge on any atom is 0.348 e. The fourth-order valence-corrected chi connectivity index (χ4v) is 2.86. The average molecular weight is 299 g/mol. The summed E-state index contributed by atoms with van der Waals surface area (Å²) in [4.78, 5) is 17.9.